The van der Waals surface area contributed by atoms with Gasteiger partial charge in [-0.25, -0.2) is 0 Å². The molecule has 3 aliphatic heterocycles. The van der Waals surface area contributed by atoms with Crippen molar-refractivity contribution in [3.63, 3.8) is 0 Å². The second-order valence-electron chi connectivity index (χ2n) is 7.00. The third-order valence-electron chi connectivity index (χ3n) is 5.48. The Hall–Kier alpha value is -2.69. The molecule has 0 saturated carbocycles. The van der Waals surface area contributed by atoms with Crippen LogP contribution < -0.4 is 4.90 Å². The largest absolute Gasteiger partial charge is 0.353 e. The van der Waals surface area contributed by atoms with E-state index in [-0.39, 0.29) is 30.2 Å². The first-order chi connectivity index (χ1) is 12.0. The van der Waals surface area contributed by atoms with Crippen molar-refractivity contribution in [2.45, 2.75) is 25.9 Å². The Morgan fingerprint density at radius 3 is 2.64 bits per heavy atom. The second kappa shape index (κ2) is 5.41. The molecule has 4 rings (SSSR count). The first-order valence-electron chi connectivity index (χ1n) is 8.49. The van der Waals surface area contributed by atoms with Crippen molar-refractivity contribution in [2.75, 3.05) is 11.4 Å². The van der Waals surface area contributed by atoms with Gasteiger partial charge in [-0.05, 0) is 31.5 Å². The zero-order chi connectivity index (χ0) is 17.9. The minimum atomic E-state index is -0.619. The molecule has 25 heavy (non-hydrogen) atoms. The number of anilines is 1. The molecule has 2 saturated heterocycles. The lowest BCUT2D eigenvalue weighted by molar-refractivity contribution is -0.140. The van der Waals surface area contributed by atoms with E-state index in [1.54, 1.807) is 6.08 Å². The molecule has 0 radical (unpaired) electrons. The number of carbonyl (C=O) groups excluding carboxylic acids is 3. The highest BCUT2D eigenvalue weighted by Crippen LogP contribution is 2.48. The van der Waals surface area contributed by atoms with Crippen LogP contribution in [0, 0.1) is 18.8 Å². The van der Waals surface area contributed by atoms with Crippen molar-refractivity contribution >= 4 is 29.4 Å². The summed E-state index contributed by atoms with van der Waals surface area (Å²) in [6.45, 7) is 7.34. The Balaban J connectivity index is 1.85. The van der Waals surface area contributed by atoms with E-state index >= 15 is 0 Å². The highest BCUT2D eigenvalue weighted by Gasteiger charge is 2.63. The van der Waals surface area contributed by atoms with Gasteiger partial charge in [0.1, 0.15) is 6.04 Å². The topological polar surface area (TPSA) is 57.7 Å². The standard InChI is InChI=1S/C20H20N2O3/c1-4-9-21-19(24)16-15-8-6-13-10-11(2)5-7-14(13)22(15)18(12(3)23)17(16)20(21)25/h4-8,10,15-18H,1,9H2,2-3H3/t15-,16-,17-,18-/m1/s1. The molecule has 1 aromatic carbocycles. The molecule has 0 spiro atoms. The van der Waals surface area contributed by atoms with Crippen molar-refractivity contribution in [1.29, 1.82) is 0 Å². The number of likely N-dealkylation sites (tertiary alicyclic amines) is 1. The Labute approximate surface area is 146 Å². The zero-order valence-corrected chi connectivity index (χ0v) is 14.3. The molecule has 0 aromatic heterocycles. The van der Waals surface area contributed by atoms with Gasteiger partial charge in [0.25, 0.3) is 0 Å². The molecule has 3 aliphatic rings. The smallest absolute Gasteiger partial charge is 0.236 e. The summed E-state index contributed by atoms with van der Waals surface area (Å²) in [5.74, 6) is -1.67. The maximum atomic E-state index is 12.9. The fourth-order valence-corrected chi connectivity index (χ4v) is 4.52. The minimum Gasteiger partial charge on any atom is -0.353 e. The molecular formula is C20H20N2O3. The molecule has 0 bridgehead atoms. The van der Waals surface area contributed by atoms with Crippen molar-refractivity contribution in [1.82, 2.24) is 4.90 Å². The predicted molar refractivity (Wildman–Crippen MR) is 94.8 cm³/mol. The first kappa shape index (κ1) is 15.8. The maximum absolute atomic E-state index is 12.9. The Kier molecular flexibility index (Phi) is 3.42. The normalized spacial score (nSPS) is 29.5. The average molecular weight is 336 g/mol. The van der Waals surface area contributed by atoms with Crippen LogP contribution in [-0.4, -0.2) is 41.1 Å². The lowest BCUT2D eigenvalue weighted by Crippen LogP contribution is -2.48. The van der Waals surface area contributed by atoms with Crippen LogP contribution in [0.2, 0.25) is 0 Å². The van der Waals surface area contributed by atoms with Crippen LogP contribution in [0.1, 0.15) is 18.1 Å². The molecule has 0 unspecified atom stereocenters. The van der Waals surface area contributed by atoms with E-state index in [0.29, 0.717) is 0 Å². The van der Waals surface area contributed by atoms with Gasteiger partial charge in [-0.1, -0.05) is 29.9 Å². The summed E-state index contributed by atoms with van der Waals surface area (Å²) in [5.41, 5.74) is 3.07. The number of ketones is 1. The molecule has 0 aliphatic carbocycles. The summed E-state index contributed by atoms with van der Waals surface area (Å²) in [6, 6.07) is 5.16. The van der Waals surface area contributed by atoms with Gasteiger partial charge >= 0.3 is 0 Å². The van der Waals surface area contributed by atoms with Gasteiger partial charge < -0.3 is 4.90 Å². The first-order valence-corrected chi connectivity index (χ1v) is 8.49. The monoisotopic (exact) mass is 336 g/mol. The SMILES string of the molecule is C=CCN1C(=O)[C@@H]2[C@H](C1=O)[C@H]1C=Cc3cc(C)ccc3N1[C@@H]2C(C)=O. The number of rotatable bonds is 3. The Bertz CT molecular complexity index is 841. The van der Waals surface area contributed by atoms with E-state index in [1.165, 1.54) is 11.8 Å². The van der Waals surface area contributed by atoms with Crippen LogP contribution in [-0.2, 0) is 14.4 Å². The van der Waals surface area contributed by atoms with Gasteiger partial charge in [0.2, 0.25) is 11.8 Å². The predicted octanol–water partition coefficient (Wildman–Crippen LogP) is 1.96. The quantitative estimate of drug-likeness (QED) is 0.625. The van der Waals surface area contributed by atoms with Crippen molar-refractivity contribution in [2.24, 2.45) is 11.8 Å². The molecule has 5 nitrogen and oxygen atoms in total. The summed E-state index contributed by atoms with van der Waals surface area (Å²) in [6.07, 6.45) is 5.51. The summed E-state index contributed by atoms with van der Waals surface area (Å²) < 4.78 is 0. The number of nitrogens with zero attached hydrogens (tertiary/aromatic N) is 2. The Morgan fingerprint density at radius 2 is 1.96 bits per heavy atom. The number of fused-ring (bicyclic) bond motifs is 5. The van der Waals surface area contributed by atoms with Crippen LogP contribution in [0.4, 0.5) is 5.69 Å². The van der Waals surface area contributed by atoms with Crippen LogP contribution in [0.5, 0.6) is 0 Å². The van der Waals surface area contributed by atoms with Gasteiger partial charge in [-0.3, -0.25) is 19.3 Å². The molecule has 3 heterocycles. The van der Waals surface area contributed by atoms with Gasteiger partial charge in [-0.2, -0.15) is 0 Å². The summed E-state index contributed by atoms with van der Waals surface area (Å²) in [7, 11) is 0. The van der Waals surface area contributed by atoms with E-state index in [2.05, 4.69) is 12.6 Å². The molecular weight excluding hydrogens is 316 g/mol. The number of Topliss-reactive ketones (excluding diaryl/α,β-unsaturated/α-hetero) is 1. The molecule has 4 atom stereocenters. The molecule has 5 heteroatoms. The highest BCUT2D eigenvalue weighted by atomic mass is 16.2. The van der Waals surface area contributed by atoms with E-state index in [9.17, 15) is 14.4 Å². The number of aryl methyl sites for hydroxylation is 1. The number of benzene rings is 1. The number of carbonyl (C=O) groups is 3. The number of hydrogen-bond donors (Lipinski definition) is 0. The van der Waals surface area contributed by atoms with Gasteiger partial charge in [0.05, 0.1) is 17.9 Å². The van der Waals surface area contributed by atoms with E-state index in [0.717, 1.165) is 16.8 Å². The zero-order valence-electron chi connectivity index (χ0n) is 14.3. The van der Waals surface area contributed by atoms with Gasteiger partial charge in [0.15, 0.2) is 5.78 Å². The minimum absolute atomic E-state index is 0.0825. The van der Waals surface area contributed by atoms with Crippen LogP contribution in [0.3, 0.4) is 0 Å². The fourth-order valence-electron chi connectivity index (χ4n) is 4.52. The summed E-state index contributed by atoms with van der Waals surface area (Å²) in [5, 5.41) is 0. The van der Waals surface area contributed by atoms with Crippen molar-refractivity contribution in [3.8, 4) is 0 Å². The third kappa shape index (κ3) is 2.05. The lowest BCUT2D eigenvalue weighted by atomic mass is 9.88. The lowest BCUT2D eigenvalue weighted by Gasteiger charge is -2.36. The van der Waals surface area contributed by atoms with Crippen LogP contribution in [0.15, 0.2) is 36.9 Å². The van der Waals surface area contributed by atoms with E-state index in [4.69, 9.17) is 0 Å². The maximum Gasteiger partial charge on any atom is 0.236 e. The van der Waals surface area contributed by atoms with Crippen LogP contribution in [0.25, 0.3) is 6.08 Å². The highest BCUT2D eigenvalue weighted by molar-refractivity contribution is 6.11. The van der Waals surface area contributed by atoms with Gasteiger partial charge in [-0.15, -0.1) is 6.58 Å². The second-order valence-corrected chi connectivity index (χ2v) is 7.00. The number of imide groups is 1. The molecule has 2 fully saturated rings. The number of amides is 2. The van der Waals surface area contributed by atoms with E-state index in [1.807, 2.05) is 36.1 Å². The van der Waals surface area contributed by atoms with E-state index < -0.39 is 17.9 Å². The van der Waals surface area contributed by atoms with Crippen molar-refractivity contribution < 1.29 is 14.4 Å². The molecule has 1 aromatic rings. The Morgan fingerprint density at radius 1 is 1.24 bits per heavy atom. The number of hydrogen-bond acceptors (Lipinski definition) is 4. The van der Waals surface area contributed by atoms with Crippen LogP contribution >= 0.6 is 0 Å². The third-order valence-corrected chi connectivity index (χ3v) is 5.48. The van der Waals surface area contributed by atoms with Crippen molar-refractivity contribution in [3.05, 3.63) is 48.1 Å². The fraction of sp³-hybridized carbons (Fsp3) is 0.350. The molecule has 0 N–H and O–H groups in total. The molecule has 2 amide bonds. The van der Waals surface area contributed by atoms with Gasteiger partial charge in [0, 0.05) is 12.2 Å². The summed E-state index contributed by atoms with van der Waals surface area (Å²) in [4.78, 5) is 41.4. The molecule has 128 valence electrons. The average Bonchev–Trinajstić information content (AvgIpc) is 3.04. The summed E-state index contributed by atoms with van der Waals surface area (Å²) >= 11 is 0.